The van der Waals surface area contributed by atoms with Crippen molar-refractivity contribution in [1.29, 1.82) is 0 Å². The Labute approximate surface area is 176 Å². The Morgan fingerprint density at radius 1 is 1.13 bits per heavy atom. The standard InChI is InChI=1S/C23H26N2O4S/c1-2-17-10-11-22-18(13-17)14-19(23(26)24-22)15-25(16-20-7-6-12-29-20)30(27,28)21-8-4-3-5-9-21/h3-5,8-11,13-14,20H,2,6-7,12,15-16H2,1H3,(H,24,26). The quantitative estimate of drug-likeness (QED) is 0.628. The fraction of sp³-hybridized carbons (Fsp3) is 0.348. The maximum atomic E-state index is 13.4. The zero-order chi connectivity index (χ0) is 21.1. The monoisotopic (exact) mass is 426 g/mol. The summed E-state index contributed by atoms with van der Waals surface area (Å²) >= 11 is 0. The number of H-pyrrole nitrogens is 1. The van der Waals surface area contributed by atoms with Crippen molar-refractivity contribution in [3.05, 3.63) is 76.1 Å². The van der Waals surface area contributed by atoms with E-state index < -0.39 is 10.0 Å². The van der Waals surface area contributed by atoms with Crippen LogP contribution in [0.5, 0.6) is 0 Å². The third-order valence-corrected chi connectivity index (χ3v) is 7.38. The molecule has 0 radical (unpaired) electrons. The second-order valence-electron chi connectivity index (χ2n) is 7.64. The van der Waals surface area contributed by atoms with Gasteiger partial charge < -0.3 is 9.72 Å². The molecule has 0 amide bonds. The first-order valence-corrected chi connectivity index (χ1v) is 11.7. The first kappa shape index (κ1) is 20.8. The molecule has 2 heterocycles. The van der Waals surface area contributed by atoms with E-state index in [1.165, 1.54) is 4.31 Å². The van der Waals surface area contributed by atoms with Crippen molar-refractivity contribution in [3.8, 4) is 0 Å². The van der Waals surface area contributed by atoms with Crippen molar-refractivity contribution in [3.63, 3.8) is 0 Å². The summed E-state index contributed by atoms with van der Waals surface area (Å²) in [6.45, 7) is 2.94. The molecule has 1 unspecified atom stereocenters. The number of aromatic amines is 1. The minimum atomic E-state index is -3.77. The molecule has 158 valence electrons. The molecule has 1 fully saturated rings. The molecule has 1 aromatic heterocycles. The van der Waals surface area contributed by atoms with E-state index in [9.17, 15) is 13.2 Å². The van der Waals surface area contributed by atoms with Gasteiger partial charge >= 0.3 is 0 Å². The van der Waals surface area contributed by atoms with E-state index in [0.717, 1.165) is 35.7 Å². The first-order valence-electron chi connectivity index (χ1n) is 10.3. The van der Waals surface area contributed by atoms with Gasteiger partial charge in [0.05, 0.1) is 11.0 Å². The number of aromatic nitrogens is 1. The molecule has 1 N–H and O–H groups in total. The van der Waals surface area contributed by atoms with Gasteiger partial charge in [0.2, 0.25) is 10.0 Å². The molecule has 7 heteroatoms. The summed E-state index contributed by atoms with van der Waals surface area (Å²) in [6, 6.07) is 16.1. The van der Waals surface area contributed by atoms with Crippen LogP contribution in [0.3, 0.4) is 0 Å². The average molecular weight is 427 g/mol. The van der Waals surface area contributed by atoms with Crippen LogP contribution in [0.15, 0.2) is 64.3 Å². The highest BCUT2D eigenvalue weighted by molar-refractivity contribution is 7.89. The SMILES string of the molecule is CCc1ccc2[nH]c(=O)c(CN(CC3CCCO3)S(=O)(=O)c3ccccc3)cc2c1. The van der Waals surface area contributed by atoms with E-state index in [-0.39, 0.29) is 29.6 Å². The summed E-state index contributed by atoms with van der Waals surface area (Å²) in [4.78, 5) is 15.8. The highest BCUT2D eigenvalue weighted by Gasteiger charge is 2.29. The van der Waals surface area contributed by atoms with Crippen molar-refractivity contribution in [2.75, 3.05) is 13.2 Å². The number of rotatable bonds is 7. The van der Waals surface area contributed by atoms with E-state index in [2.05, 4.69) is 11.9 Å². The van der Waals surface area contributed by atoms with Crippen molar-refractivity contribution in [2.45, 2.75) is 43.7 Å². The van der Waals surface area contributed by atoms with Crippen LogP contribution in [0.25, 0.3) is 10.9 Å². The molecule has 1 atom stereocenters. The maximum Gasteiger partial charge on any atom is 0.252 e. The van der Waals surface area contributed by atoms with Crippen LogP contribution in [-0.2, 0) is 27.7 Å². The lowest BCUT2D eigenvalue weighted by Gasteiger charge is -2.25. The Bertz CT molecular complexity index is 1180. The molecule has 4 rings (SSSR count). The van der Waals surface area contributed by atoms with Crippen LogP contribution in [0, 0.1) is 0 Å². The van der Waals surface area contributed by atoms with E-state index >= 15 is 0 Å². The van der Waals surface area contributed by atoms with Crippen LogP contribution >= 0.6 is 0 Å². The van der Waals surface area contributed by atoms with Gasteiger partial charge in [0.1, 0.15) is 0 Å². The molecule has 2 aromatic carbocycles. The molecule has 1 aliphatic rings. The normalized spacial score (nSPS) is 17.1. The van der Waals surface area contributed by atoms with Crippen LogP contribution in [0.1, 0.15) is 30.9 Å². The number of hydrogen-bond acceptors (Lipinski definition) is 4. The Balaban J connectivity index is 1.72. The average Bonchev–Trinajstić information content (AvgIpc) is 3.27. The molecule has 0 bridgehead atoms. The van der Waals surface area contributed by atoms with Gasteiger partial charge in [-0.25, -0.2) is 8.42 Å². The molecular formula is C23H26N2O4S. The summed E-state index contributed by atoms with van der Waals surface area (Å²) < 4.78 is 33.8. The van der Waals surface area contributed by atoms with E-state index in [0.29, 0.717) is 12.2 Å². The zero-order valence-electron chi connectivity index (χ0n) is 17.0. The van der Waals surface area contributed by atoms with Crippen molar-refractivity contribution in [2.24, 2.45) is 0 Å². The molecule has 30 heavy (non-hydrogen) atoms. The van der Waals surface area contributed by atoms with Crippen molar-refractivity contribution < 1.29 is 13.2 Å². The van der Waals surface area contributed by atoms with Crippen molar-refractivity contribution >= 4 is 20.9 Å². The van der Waals surface area contributed by atoms with Gasteiger partial charge in [-0.15, -0.1) is 0 Å². The lowest BCUT2D eigenvalue weighted by atomic mass is 10.1. The number of fused-ring (bicyclic) bond motifs is 1. The lowest BCUT2D eigenvalue weighted by Crippen LogP contribution is -2.38. The molecule has 1 saturated heterocycles. The highest BCUT2D eigenvalue weighted by atomic mass is 32.2. The topological polar surface area (TPSA) is 79.5 Å². The fourth-order valence-electron chi connectivity index (χ4n) is 3.83. The van der Waals surface area contributed by atoms with Crippen LogP contribution in [0.4, 0.5) is 0 Å². The summed E-state index contributed by atoms with van der Waals surface area (Å²) in [6.07, 6.45) is 2.46. The van der Waals surface area contributed by atoms with E-state index in [1.807, 2.05) is 18.2 Å². The molecule has 3 aromatic rings. The predicted octanol–water partition coefficient (Wildman–Crippen LogP) is 3.46. The molecule has 0 saturated carbocycles. The largest absolute Gasteiger partial charge is 0.377 e. The van der Waals surface area contributed by atoms with Gasteiger partial charge in [-0.2, -0.15) is 4.31 Å². The van der Waals surface area contributed by atoms with E-state index in [1.54, 1.807) is 36.4 Å². The smallest absolute Gasteiger partial charge is 0.252 e. The number of ether oxygens (including phenoxy) is 1. The minimum absolute atomic E-state index is 0.00128. The maximum absolute atomic E-state index is 13.4. The molecular weight excluding hydrogens is 400 g/mol. The van der Waals surface area contributed by atoms with Gasteiger partial charge in [-0.1, -0.05) is 31.2 Å². The fourth-order valence-corrected chi connectivity index (χ4v) is 5.30. The predicted molar refractivity (Wildman–Crippen MR) is 117 cm³/mol. The Morgan fingerprint density at radius 3 is 2.63 bits per heavy atom. The number of aryl methyl sites for hydroxylation is 1. The van der Waals surface area contributed by atoms with Gasteiger partial charge in [0.15, 0.2) is 0 Å². The van der Waals surface area contributed by atoms with Gasteiger partial charge in [-0.3, -0.25) is 4.79 Å². The highest BCUT2D eigenvalue weighted by Crippen LogP contribution is 2.22. The van der Waals surface area contributed by atoms with Gasteiger partial charge in [0, 0.05) is 30.8 Å². The Hall–Kier alpha value is -2.48. The Morgan fingerprint density at radius 2 is 1.93 bits per heavy atom. The van der Waals surface area contributed by atoms with Crippen LogP contribution in [-0.4, -0.2) is 37.0 Å². The molecule has 1 aliphatic heterocycles. The summed E-state index contributed by atoms with van der Waals surface area (Å²) in [7, 11) is -3.77. The second kappa shape index (κ2) is 8.71. The zero-order valence-corrected chi connectivity index (χ0v) is 17.8. The molecule has 6 nitrogen and oxygen atoms in total. The van der Waals surface area contributed by atoms with Crippen molar-refractivity contribution in [1.82, 2.24) is 9.29 Å². The number of pyridine rings is 1. The Kier molecular flexibility index (Phi) is 6.04. The number of benzene rings is 2. The number of sulfonamides is 1. The summed E-state index contributed by atoms with van der Waals surface area (Å²) in [5.41, 5.74) is 2.06. The first-order chi connectivity index (χ1) is 14.5. The summed E-state index contributed by atoms with van der Waals surface area (Å²) in [5.74, 6) is 0. The third kappa shape index (κ3) is 4.33. The van der Waals surface area contributed by atoms with Gasteiger partial charge in [0.25, 0.3) is 5.56 Å². The second-order valence-corrected chi connectivity index (χ2v) is 9.58. The lowest BCUT2D eigenvalue weighted by molar-refractivity contribution is 0.0925. The minimum Gasteiger partial charge on any atom is -0.377 e. The van der Waals surface area contributed by atoms with E-state index in [4.69, 9.17) is 4.74 Å². The number of nitrogens with zero attached hydrogens (tertiary/aromatic N) is 1. The third-order valence-electron chi connectivity index (χ3n) is 5.55. The molecule has 0 spiro atoms. The van der Waals surface area contributed by atoms with Crippen LogP contribution in [0.2, 0.25) is 0 Å². The number of hydrogen-bond donors (Lipinski definition) is 1. The van der Waals surface area contributed by atoms with Gasteiger partial charge in [-0.05, 0) is 60.5 Å². The summed E-state index contributed by atoms with van der Waals surface area (Å²) in [5, 5.41) is 0.901. The molecule has 0 aliphatic carbocycles. The van der Waals surface area contributed by atoms with Crippen LogP contribution < -0.4 is 5.56 Å². The number of nitrogens with one attached hydrogen (secondary N) is 1.